The first-order valence-corrected chi connectivity index (χ1v) is 27.9. The Morgan fingerprint density at radius 3 is 1.81 bits per heavy atom. The minimum Gasteiger partial charge on any atom is -0.454 e. The van der Waals surface area contributed by atoms with Crippen molar-refractivity contribution in [2.24, 2.45) is 0 Å². The molecule has 7 aromatic carbocycles. The number of furan rings is 1. The fraction of sp³-hybridized carbons (Fsp3) is 0.353. The van der Waals surface area contributed by atoms with Gasteiger partial charge in [0.15, 0.2) is 5.58 Å². The molecule has 1 aliphatic heterocycles. The molecule has 3 heterocycles. The second kappa shape index (κ2) is 16.2. The van der Waals surface area contributed by atoms with Gasteiger partial charge in [-0.2, -0.15) is 0 Å². The lowest BCUT2D eigenvalue weighted by molar-refractivity contribution is 0.332. The molecule has 0 bridgehead atoms. The first-order valence-electron chi connectivity index (χ1n) is 27.0. The van der Waals surface area contributed by atoms with E-state index in [1.165, 1.54) is 113 Å². The quantitative estimate of drug-likeness (QED) is 0.174. The summed E-state index contributed by atoms with van der Waals surface area (Å²) in [5.41, 5.74) is 22.6. The van der Waals surface area contributed by atoms with Crippen LogP contribution in [0.15, 0.2) is 132 Å². The first kappa shape index (κ1) is 47.9. The summed E-state index contributed by atoms with van der Waals surface area (Å²) in [4.78, 5) is 2.66. The zero-order chi connectivity index (χ0) is 51.4. The van der Waals surface area contributed by atoms with E-state index in [-0.39, 0.29) is 32.5 Å². The number of benzene rings is 7. The van der Waals surface area contributed by atoms with Gasteiger partial charge in [-0.15, -0.1) is 11.3 Å². The summed E-state index contributed by atoms with van der Waals surface area (Å²) in [6.45, 7) is 33.5. The van der Waals surface area contributed by atoms with Gasteiger partial charge in [0, 0.05) is 43.4 Å². The van der Waals surface area contributed by atoms with Gasteiger partial charge in [-0.05, 0) is 168 Å². The Balaban J connectivity index is 1.19. The van der Waals surface area contributed by atoms with E-state index in [9.17, 15) is 0 Å². The lowest BCUT2D eigenvalue weighted by Gasteiger charge is -2.42. The Morgan fingerprint density at radius 2 is 1.12 bits per heavy atom. The molecule has 0 unspecified atom stereocenters. The van der Waals surface area contributed by atoms with E-state index in [0.29, 0.717) is 0 Å². The van der Waals surface area contributed by atoms with E-state index >= 15 is 0 Å². The third-order valence-electron chi connectivity index (χ3n) is 17.7. The number of hydrogen-bond donors (Lipinski definition) is 1. The molecule has 3 nitrogen and oxygen atoms in total. The molecule has 9 aromatic rings. The number of nitrogens with zero attached hydrogens (tertiary/aromatic N) is 1. The van der Waals surface area contributed by atoms with Crippen LogP contribution in [0.5, 0.6) is 0 Å². The van der Waals surface area contributed by atoms with Crippen molar-refractivity contribution < 1.29 is 4.42 Å². The predicted octanol–water partition coefficient (Wildman–Crippen LogP) is 18.3. The van der Waals surface area contributed by atoms with Gasteiger partial charge in [0.2, 0.25) is 7.28 Å². The average Bonchev–Trinajstić information content (AvgIpc) is 3.90. The van der Waals surface area contributed by atoms with Crippen LogP contribution in [0.25, 0.3) is 54.3 Å². The number of fused-ring (bicyclic) bond motifs is 10. The molecule has 2 aromatic heterocycles. The summed E-state index contributed by atoms with van der Waals surface area (Å²) in [5.74, 6) is 0. The summed E-state index contributed by atoms with van der Waals surface area (Å²) in [6, 6.07) is 49.1. The van der Waals surface area contributed by atoms with Crippen molar-refractivity contribution in [3.8, 4) is 22.3 Å². The van der Waals surface area contributed by atoms with E-state index in [2.05, 4.69) is 235 Å². The van der Waals surface area contributed by atoms with Crippen LogP contribution in [0, 0.1) is 0 Å². The summed E-state index contributed by atoms with van der Waals surface area (Å²) < 4.78 is 10.0. The molecule has 0 spiro atoms. The van der Waals surface area contributed by atoms with Crippen LogP contribution in [0.3, 0.4) is 0 Å². The fourth-order valence-electron chi connectivity index (χ4n) is 12.8. The number of nitrogens with one attached hydrogen (secondary N) is 1. The molecule has 12 rings (SSSR count). The predicted molar refractivity (Wildman–Crippen MR) is 319 cm³/mol. The highest BCUT2D eigenvalue weighted by Crippen LogP contribution is 2.55. The first-order chi connectivity index (χ1) is 34.4. The maximum atomic E-state index is 7.30. The standard InChI is InChI=1S/C68H73BN2OS/c1-63(2,3)41-25-29-55(46(34-41)40-20-16-15-17-21-40)71-59-49-38-52-53(68(13,14)33-32-67(52,11)12)39-57(49)73-62(59)69-58-47(37-48-45-22-18-19-23-56(45)72-61(48)60(58)71)44-27-24-42(64(4,5)6)35-54(44)70-43-26-28-50-51(36-43)66(9,10)31-30-65(50,7)8/h15-29,34-39,69-70H,30-33H2,1-14H3. The van der Waals surface area contributed by atoms with E-state index in [1.807, 2.05) is 11.3 Å². The van der Waals surface area contributed by atoms with Gasteiger partial charge in [0.05, 0.1) is 17.1 Å². The largest absolute Gasteiger partial charge is 0.454 e. The molecule has 0 fully saturated rings. The van der Waals surface area contributed by atoms with Gasteiger partial charge in [-0.25, -0.2) is 0 Å². The Morgan fingerprint density at radius 1 is 0.521 bits per heavy atom. The maximum absolute atomic E-state index is 7.30. The molecule has 1 N–H and O–H groups in total. The van der Waals surface area contributed by atoms with Gasteiger partial charge in [-0.3, -0.25) is 0 Å². The highest BCUT2D eigenvalue weighted by atomic mass is 32.1. The van der Waals surface area contributed by atoms with Crippen molar-refractivity contribution in [3.05, 3.63) is 161 Å². The topological polar surface area (TPSA) is 28.4 Å². The van der Waals surface area contributed by atoms with Gasteiger partial charge < -0.3 is 14.6 Å². The average molecular weight is 977 g/mol. The fourth-order valence-corrected chi connectivity index (χ4v) is 14.0. The van der Waals surface area contributed by atoms with Gasteiger partial charge in [0.1, 0.15) is 5.58 Å². The van der Waals surface area contributed by atoms with Crippen molar-refractivity contribution >= 4 is 89.3 Å². The second-order valence-electron chi connectivity index (χ2n) is 26.8. The number of para-hydroxylation sites is 1. The SMILES string of the molecule is CC(C)(C)c1ccc(-c2cc3c(oc4ccccc43)c3c2Bc2sc4cc5c(cc4c2N3c2ccc(C(C)(C)C)cc2-c2ccccc2)C(C)(C)CCC5(C)C)c(Nc2ccc3c(c2)C(C)(C)CCC3(C)C)c1. The number of hydrogen-bond acceptors (Lipinski definition) is 4. The molecule has 0 amide bonds. The minimum absolute atomic E-state index is 0.0502. The monoisotopic (exact) mass is 977 g/mol. The lowest BCUT2D eigenvalue weighted by atomic mass is 9.61. The van der Waals surface area contributed by atoms with Crippen molar-refractivity contribution in [2.45, 2.75) is 155 Å². The number of rotatable bonds is 5. The van der Waals surface area contributed by atoms with Crippen LogP contribution < -0.4 is 20.5 Å². The molecule has 0 atom stereocenters. The van der Waals surface area contributed by atoms with Crippen LogP contribution in [-0.4, -0.2) is 7.28 Å². The molecular weight excluding hydrogens is 904 g/mol. The van der Waals surface area contributed by atoms with Crippen molar-refractivity contribution in [3.63, 3.8) is 0 Å². The van der Waals surface area contributed by atoms with Crippen molar-refractivity contribution in [1.82, 2.24) is 0 Å². The number of thiophene rings is 1. The summed E-state index contributed by atoms with van der Waals surface area (Å²) in [6.07, 6.45) is 4.71. The lowest BCUT2D eigenvalue weighted by Crippen LogP contribution is -2.39. The molecule has 0 saturated carbocycles. The molecule has 3 aliphatic rings. The van der Waals surface area contributed by atoms with Gasteiger partial charge >= 0.3 is 0 Å². The molecule has 73 heavy (non-hydrogen) atoms. The zero-order valence-electron chi connectivity index (χ0n) is 45.9. The summed E-state index contributed by atoms with van der Waals surface area (Å²) in [5, 5.41) is 7.73. The smallest absolute Gasteiger partial charge is 0.211 e. The van der Waals surface area contributed by atoms with Crippen molar-refractivity contribution in [2.75, 3.05) is 10.2 Å². The van der Waals surface area contributed by atoms with E-state index in [4.69, 9.17) is 4.42 Å². The zero-order valence-corrected chi connectivity index (χ0v) is 46.7. The normalized spacial score (nSPS) is 17.5. The Labute approximate surface area is 439 Å². The van der Waals surface area contributed by atoms with Crippen LogP contribution in [-0.2, 0) is 32.5 Å². The van der Waals surface area contributed by atoms with Crippen molar-refractivity contribution in [1.29, 1.82) is 0 Å². The van der Waals surface area contributed by atoms with E-state index in [0.717, 1.165) is 46.3 Å². The molecule has 0 saturated heterocycles. The minimum atomic E-state index is -0.0564. The summed E-state index contributed by atoms with van der Waals surface area (Å²) in [7, 11) is 0.781. The molecule has 2 aliphatic carbocycles. The van der Waals surface area contributed by atoms with E-state index < -0.39 is 0 Å². The molecule has 5 heteroatoms. The number of anilines is 5. The molecule has 0 radical (unpaired) electrons. The Bertz CT molecular complexity index is 3720. The molecule has 370 valence electrons. The summed E-state index contributed by atoms with van der Waals surface area (Å²) >= 11 is 2.00. The Hall–Kier alpha value is -6.04. The van der Waals surface area contributed by atoms with Gasteiger partial charge in [0.25, 0.3) is 0 Å². The Kier molecular flexibility index (Phi) is 10.7. The third kappa shape index (κ3) is 7.80. The second-order valence-corrected chi connectivity index (χ2v) is 27.9. The van der Waals surface area contributed by atoms with E-state index in [1.54, 1.807) is 0 Å². The molecular formula is C68H73BN2OS. The highest BCUT2D eigenvalue weighted by Gasteiger charge is 2.41. The highest BCUT2D eigenvalue weighted by molar-refractivity contribution is 7.29. The van der Waals surface area contributed by atoms with Crippen LogP contribution in [0.1, 0.15) is 156 Å². The van der Waals surface area contributed by atoms with Crippen LogP contribution in [0.2, 0.25) is 0 Å². The van der Waals surface area contributed by atoms with Crippen LogP contribution in [0.4, 0.5) is 28.4 Å². The maximum Gasteiger partial charge on any atom is 0.211 e. The van der Waals surface area contributed by atoms with Crippen LogP contribution >= 0.6 is 11.3 Å². The third-order valence-corrected chi connectivity index (χ3v) is 18.9. The van der Waals surface area contributed by atoms with Gasteiger partial charge in [-0.1, -0.05) is 170 Å².